The predicted octanol–water partition coefficient (Wildman–Crippen LogP) is 2.44. The largest absolute Gasteiger partial charge is 0.389 e. The van der Waals surface area contributed by atoms with Crippen LogP contribution in [-0.4, -0.2) is 23.4 Å². The van der Waals surface area contributed by atoms with Gasteiger partial charge in [-0.15, -0.1) is 0 Å². The molecule has 17 heavy (non-hydrogen) atoms. The van der Waals surface area contributed by atoms with E-state index in [0.717, 1.165) is 6.07 Å². The Hall–Kier alpha value is -1.00. The smallest absolute Gasteiger partial charge is 0.126 e. The van der Waals surface area contributed by atoms with Crippen molar-refractivity contribution in [3.8, 4) is 0 Å². The van der Waals surface area contributed by atoms with Crippen LogP contribution in [0.2, 0.25) is 0 Å². The van der Waals surface area contributed by atoms with Gasteiger partial charge in [0.2, 0.25) is 0 Å². The van der Waals surface area contributed by atoms with Gasteiger partial charge in [0, 0.05) is 31.9 Å². The van der Waals surface area contributed by atoms with E-state index in [1.54, 1.807) is 0 Å². The molecule has 2 nitrogen and oxygen atoms in total. The fourth-order valence-electron chi connectivity index (χ4n) is 2.38. The molecule has 1 aliphatic rings. The Morgan fingerprint density at radius 2 is 1.88 bits per heavy atom. The van der Waals surface area contributed by atoms with Gasteiger partial charge in [-0.1, -0.05) is 0 Å². The molecule has 0 aromatic heterocycles. The lowest BCUT2D eigenvalue weighted by Crippen LogP contribution is -2.49. The molecule has 1 aromatic rings. The number of hydrogen-bond acceptors (Lipinski definition) is 2. The van der Waals surface area contributed by atoms with Gasteiger partial charge in [-0.2, -0.15) is 0 Å². The highest BCUT2D eigenvalue weighted by atomic mass is 19.1. The average Bonchev–Trinajstić information content (AvgIpc) is 2.13. The lowest BCUT2D eigenvalue weighted by atomic mass is 9.73. The zero-order valence-corrected chi connectivity index (χ0v) is 9.75. The molecule has 94 valence electrons. The third-order valence-electron chi connectivity index (χ3n) is 3.07. The Morgan fingerprint density at radius 3 is 2.41 bits per heavy atom. The van der Waals surface area contributed by atoms with Gasteiger partial charge in [-0.25, -0.2) is 8.78 Å². The molecule has 0 heterocycles. The molecule has 0 unspecified atom stereocenters. The first-order valence-corrected chi connectivity index (χ1v) is 5.80. The number of hydrogen-bond donors (Lipinski definition) is 1. The van der Waals surface area contributed by atoms with Crippen LogP contribution in [0.5, 0.6) is 0 Å². The van der Waals surface area contributed by atoms with Crippen LogP contribution in [0.15, 0.2) is 18.2 Å². The maximum atomic E-state index is 13.0. The van der Waals surface area contributed by atoms with Crippen molar-refractivity contribution in [2.75, 3.05) is 6.61 Å². The average molecular weight is 242 g/mol. The maximum absolute atomic E-state index is 13.0. The lowest BCUT2D eigenvalue weighted by molar-refractivity contribution is -0.136. The summed E-state index contributed by atoms with van der Waals surface area (Å²) in [7, 11) is 0. The summed E-state index contributed by atoms with van der Waals surface area (Å²) >= 11 is 0. The molecule has 0 radical (unpaired) electrons. The van der Waals surface area contributed by atoms with Gasteiger partial charge in [-0.05, 0) is 24.6 Å². The normalized spacial score (nSPS) is 27.9. The first-order valence-electron chi connectivity index (χ1n) is 5.80. The fourth-order valence-corrected chi connectivity index (χ4v) is 2.38. The van der Waals surface area contributed by atoms with Crippen molar-refractivity contribution >= 4 is 0 Å². The Bertz CT molecular complexity index is 380. The van der Waals surface area contributed by atoms with Gasteiger partial charge in [-0.3, -0.25) is 0 Å². The van der Waals surface area contributed by atoms with E-state index in [4.69, 9.17) is 4.74 Å². The number of ether oxygens (including phenoxy) is 1. The second kappa shape index (κ2) is 4.70. The van der Waals surface area contributed by atoms with Crippen molar-refractivity contribution in [3.05, 3.63) is 35.4 Å². The second-order valence-electron chi connectivity index (χ2n) is 4.66. The summed E-state index contributed by atoms with van der Waals surface area (Å²) in [6, 6.07) is 3.35. The zero-order valence-electron chi connectivity index (χ0n) is 9.75. The number of rotatable bonds is 4. The van der Waals surface area contributed by atoms with E-state index >= 15 is 0 Å². The summed E-state index contributed by atoms with van der Waals surface area (Å²) in [4.78, 5) is 0. The summed E-state index contributed by atoms with van der Waals surface area (Å²) in [5, 5.41) is 10.1. The van der Waals surface area contributed by atoms with Crippen molar-refractivity contribution in [1.82, 2.24) is 0 Å². The van der Waals surface area contributed by atoms with Gasteiger partial charge in [0.25, 0.3) is 0 Å². The zero-order chi connectivity index (χ0) is 12.5. The highest BCUT2D eigenvalue weighted by Crippen LogP contribution is 2.37. The molecule has 4 heteroatoms. The monoisotopic (exact) mass is 242 g/mol. The minimum atomic E-state index is -0.875. The van der Waals surface area contributed by atoms with Crippen LogP contribution in [-0.2, 0) is 11.2 Å². The molecule has 1 saturated carbocycles. The Morgan fingerprint density at radius 1 is 1.29 bits per heavy atom. The van der Waals surface area contributed by atoms with E-state index in [2.05, 4.69) is 0 Å². The summed E-state index contributed by atoms with van der Waals surface area (Å²) in [6.07, 6.45) is 1.40. The minimum Gasteiger partial charge on any atom is -0.389 e. The van der Waals surface area contributed by atoms with Crippen LogP contribution in [0, 0.1) is 11.6 Å². The molecule has 0 saturated heterocycles. The van der Waals surface area contributed by atoms with Crippen molar-refractivity contribution in [3.63, 3.8) is 0 Å². The predicted molar refractivity (Wildman–Crippen MR) is 59.7 cm³/mol. The fraction of sp³-hybridized carbons (Fsp3) is 0.538. The van der Waals surface area contributed by atoms with E-state index in [-0.39, 0.29) is 12.5 Å². The van der Waals surface area contributed by atoms with E-state index in [9.17, 15) is 13.9 Å². The summed E-state index contributed by atoms with van der Waals surface area (Å²) in [5.74, 6) is -1.21. The van der Waals surface area contributed by atoms with Crippen LogP contribution < -0.4 is 0 Å². The van der Waals surface area contributed by atoms with Crippen LogP contribution in [0.3, 0.4) is 0 Å². The Balaban J connectivity index is 1.97. The standard InChI is InChI=1S/C13H16F2O2/c1-2-17-12-7-13(16,8-12)6-9-3-10(14)5-11(15)4-9/h3-5,12,16H,2,6-8H2,1H3. The van der Waals surface area contributed by atoms with E-state index in [1.165, 1.54) is 12.1 Å². The van der Waals surface area contributed by atoms with Gasteiger partial charge >= 0.3 is 0 Å². The maximum Gasteiger partial charge on any atom is 0.126 e. The molecule has 0 bridgehead atoms. The molecule has 1 aromatic carbocycles. The third-order valence-corrected chi connectivity index (χ3v) is 3.07. The van der Waals surface area contributed by atoms with E-state index in [1.807, 2.05) is 6.92 Å². The van der Waals surface area contributed by atoms with Gasteiger partial charge in [0.05, 0.1) is 11.7 Å². The Labute approximate surface area is 99.2 Å². The molecule has 1 aliphatic carbocycles. The molecule has 0 amide bonds. The number of aliphatic hydroxyl groups is 1. The van der Waals surface area contributed by atoms with Gasteiger partial charge in [0.1, 0.15) is 11.6 Å². The highest BCUT2D eigenvalue weighted by Gasteiger charge is 2.43. The van der Waals surface area contributed by atoms with Crippen LogP contribution in [0.4, 0.5) is 8.78 Å². The highest BCUT2D eigenvalue weighted by molar-refractivity contribution is 5.21. The quantitative estimate of drug-likeness (QED) is 0.878. The first kappa shape index (κ1) is 12.5. The minimum absolute atomic E-state index is 0.0726. The molecule has 1 N–H and O–H groups in total. The molecular formula is C13H16F2O2. The SMILES string of the molecule is CCOC1CC(O)(Cc2cc(F)cc(F)c2)C1. The molecule has 0 atom stereocenters. The number of benzene rings is 1. The summed E-state index contributed by atoms with van der Waals surface area (Å²) in [5.41, 5.74) is -0.389. The Kier molecular flexibility index (Phi) is 3.45. The van der Waals surface area contributed by atoms with E-state index in [0.29, 0.717) is 25.0 Å². The topological polar surface area (TPSA) is 29.5 Å². The first-order chi connectivity index (χ1) is 8.00. The second-order valence-corrected chi connectivity index (χ2v) is 4.66. The summed E-state index contributed by atoms with van der Waals surface area (Å²) < 4.78 is 31.3. The van der Waals surface area contributed by atoms with Crippen molar-refractivity contribution < 1.29 is 18.6 Å². The van der Waals surface area contributed by atoms with Crippen molar-refractivity contribution in [2.24, 2.45) is 0 Å². The molecule has 0 aliphatic heterocycles. The molecular weight excluding hydrogens is 226 g/mol. The summed E-state index contributed by atoms with van der Waals surface area (Å²) in [6.45, 7) is 2.52. The third kappa shape index (κ3) is 3.01. The molecule has 2 rings (SSSR count). The van der Waals surface area contributed by atoms with Crippen LogP contribution in [0.25, 0.3) is 0 Å². The van der Waals surface area contributed by atoms with Crippen LogP contribution >= 0.6 is 0 Å². The van der Waals surface area contributed by atoms with Crippen molar-refractivity contribution in [1.29, 1.82) is 0 Å². The van der Waals surface area contributed by atoms with Gasteiger partial charge in [0.15, 0.2) is 0 Å². The molecule has 0 spiro atoms. The lowest BCUT2D eigenvalue weighted by Gasteiger charge is -2.43. The molecule has 1 fully saturated rings. The van der Waals surface area contributed by atoms with Crippen LogP contribution in [0.1, 0.15) is 25.3 Å². The van der Waals surface area contributed by atoms with Crippen molar-refractivity contribution in [2.45, 2.75) is 37.9 Å². The number of halogens is 2. The van der Waals surface area contributed by atoms with Gasteiger partial charge < -0.3 is 9.84 Å². The van der Waals surface area contributed by atoms with E-state index < -0.39 is 17.2 Å².